The minimum atomic E-state index is 0.530. The highest BCUT2D eigenvalue weighted by atomic mass is 35.5. The summed E-state index contributed by atoms with van der Waals surface area (Å²) in [6, 6.07) is 8.29. The van der Waals surface area contributed by atoms with Crippen LogP contribution in [0.2, 0.25) is 5.02 Å². The van der Waals surface area contributed by atoms with E-state index in [9.17, 15) is 0 Å². The number of benzene rings is 1. The first kappa shape index (κ1) is 16.8. The highest BCUT2D eigenvalue weighted by Crippen LogP contribution is 2.29. The van der Waals surface area contributed by atoms with Crippen LogP contribution in [0.4, 0.5) is 0 Å². The van der Waals surface area contributed by atoms with Crippen LogP contribution in [0.5, 0.6) is 0 Å². The third kappa shape index (κ3) is 5.95. The molecule has 1 heterocycles. The van der Waals surface area contributed by atoms with E-state index >= 15 is 0 Å². The first-order chi connectivity index (χ1) is 10.3. The Hall–Kier alpha value is -0.610. The predicted octanol–water partition coefficient (Wildman–Crippen LogP) is 3.48. The highest BCUT2D eigenvalue weighted by Gasteiger charge is 2.20. The maximum absolute atomic E-state index is 6.01. The molecule has 2 rings (SSSR count). The molecule has 1 unspecified atom stereocenters. The number of halogens is 1. The van der Waals surface area contributed by atoms with Crippen molar-refractivity contribution < 1.29 is 9.47 Å². The molecule has 1 atom stereocenters. The zero-order valence-corrected chi connectivity index (χ0v) is 13.6. The summed E-state index contributed by atoms with van der Waals surface area (Å²) in [5.41, 5.74) is 1.37. The molecule has 3 nitrogen and oxygen atoms in total. The first-order valence-electron chi connectivity index (χ1n) is 7.82. The van der Waals surface area contributed by atoms with Crippen molar-refractivity contribution >= 4 is 11.6 Å². The molecule has 21 heavy (non-hydrogen) atoms. The molecule has 0 amide bonds. The van der Waals surface area contributed by atoms with Crippen LogP contribution in [-0.2, 0) is 9.47 Å². The van der Waals surface area contributed by atoms with Crippen molar-refractivity contribution in [3.05, 3.63) is 34.9 Å². The lowest BCUT2D eigenvalue weighted by atomic mass is 9.85. The summed E-state index contributed by atoms with van der Waals surface area (Å²) >= 11 is 6.01. The molecular formula is C17H26ClNO2. The molecule has 4 heteroatoms. The van der Waals surface area contributed by atoms with Crippen molar-refractivity contribution in [1.82, 2.24) is 5.32 Å². The number of hydrogen-bond donors (Lipinski definition) is 1. The van der Waals surface area contributed by atoms with E-state index in [1.807, 2.05) is 12.1 Å². The Morgan fingerprint density at radius 2 is 2.00 bits per heavy atom. The van der Waals surface area contributed by atoms with E-state index in [0.29, 0.717) is 5.92 Å². The molecule has 0 radical (unpaired) electrons. The molecule has 118 valence electrons. The normalized spacial score (nSPS) is 17.8. The van der Waals surface area contributed by atoms with E-state index in [4.69, 9.17) is 21.1 Å². The lowest BCUT2D eigenvalue weighted by molar-refractivity contribution is 0.0616. The number of ether oxygens (including phenoxy) is 2. The smallest absolute Gasteiger partial charge is 0.0587 e. The van der Waals surface area contributed by atoms with Gasteiger partial charge in [0, 0.05) is 38.4 Å². The topological polar surface area (TPSA) is 30.5 Å². The van der Waals surface area contributed by atoms with Gasteiger partial charge in [0.2, 0.25) is 0 Å². The van der Waals surface area contributed by atoms with Crippen LogP contribution < -0.4 is 5.32 Å². The Morgan fingerprint density at radius 3 is 2.67 bits per heavy atom. The fourth-order valence-electron chi connectivity index (χ4n) is 2.91. The van der Waals surface area contributed by atoms with E-state index in [1.165, 1.54) is 24.8 Å². The van der Waals surface area contributed by atoms with Gasteiger partial charge in [0.05, 0.1) is 6.61 Å². The quantitative estimate of drug-likeness (QED) is 0.746. The minimum absolute atomic E-state index is 0.530. The Bertz CT molecular complexity index is 390. The minimum Gasteiger partial charge on any atom is -0.383 e. The van der Waals surface area contributed by atoms with Crippen molar-refractivity contribution in [2.75, 3.05) is 40.0 Å². The largest absolute Gasteiger partial charge is 0.383 e. The van der Waals surface area contributed by atoms with Gasteiger partial charge >= 0.3 is 0 Å². The average Bonchev–Trinajstić information content (AvgIpc) is 2.52. The fraction of sp³-hybridized carbons (Fsp3) is 0.647. The lowest BCUT2D eigenvalue weighted by Gasteiger charge is -2.27. The van der Waals surface area contributed by atoms with Gasteiger partial charge in [-0.2, -0.15) is 0 Å². The summed E-state index contributed by atoms with van der Waals surface area (Å²) in [5, 5.41) is 4.30. The van der Waals surface area contributed by atoms with Crippen LogP contribution in [0, 0.1) is 5.92 Å². The lowest BCUT2D eigenvalue weighted by Crippen LogP contribution is -2.27. The summed E-state index contributed by atoms with van der Waals surface area (Å²) in [5.74, 6) is 1.30. The van der Waals surface area contributed by atoms with Crippen molar-refractivity contribution in [3.8, 4) is 0 Å². The molecule has 0 aromatic heterocycles. The van der Waals surface area contributed by atoms with Crippen molar-refractivity contribution in [2.45, 2.75) is 25.2 Å². The summed E-state index contributed by atoms with van der Waals surface area (Å²) < 4.78 is 10.6. The van der Waals surface area contributed by atoms with Gasteiger partial charge in [-0.3, -0.25) is 0 Å². The van der Waals surface area contributed by atoms with Gasteiger partial charge in [0.1, 0.15) is 0 Å². The molecule has 1 fully saturated rings. The Kier molecular flexibility index (Phi) is 7.51. The van der Waals surface area contributed by atoms with Crippen LogP contribution >= 0.6 is 11.6 Å². The molecule has 1 aromatic rings. The van der Waals surface area contributed by atoms with E-state index in [0.717, 1.165) is 43.9 Å². The molecule has 1 aliphatic heterocycles. The summed E-state index contributed by atoms with van der Waals surface area (Å²) in [6.45, 7) is 4.46. The number of rotatable bonds is 8. The highest BCUT2D eigenvalue weighted by molar-refractivity contribution is 6.30. The third-order valence-corrected chi connectivity index (χ3v) is 4.43. The van der Waals surface area contributed by atoms with Crippen molar-refractivity contribution in [3.63, 3.8) is 0 Å². The Balaban J connectivity index is 1.93. The second-order valence-electron chi connectivity index (χ2n) is 5.74. The zero-order chi connectivity index (χ0) is 14.9. The monoisotopic (exact) mass is 311 g/mol. The van der Waals surface area contributed by atoms with Crippen LogP contribution in [0.25, 0.3) is 0 Å². The number of nitrogens with one attached hydrogen (secondary N) is 1. The van der Waals surface area contributed by atoms with Gasteiger partial charge < -0.3 is 14.8 Å². The van der Waals surface area contributed by atoms with Gasteiger partial charge in [-0.25, -0.2) is 0 Å². The molecular weight excluding hydrogens is 286 g/mol. The number of methoxy groups -OCH3 is 1. The molecule has 0 aliphatic carbocycles. The van der Waals surface area contributed by atoms with Crippen LogP contribution in [0.1, 0.15) is 30.7 Å². The standard InChI is InChI=1S/C17H26ClNO2/c1-20-11-8-19-13-16(12-14-6-9-21-10-7-14)15-2-4-17(18)5-3-15/h2-5,14,16,19H,6-13H2,1H3. The van der Waals surface area contributed by atoms with Gasteiger partial charge in [-0.05, 0) is 48.8 Å². The maximum atomic E-state index is 6.01. The average molecular weight is 312 g/mol. The van der Waals surface area contributed by atoms with Gasteiger partial charge in [-0.15, -0.1) is 0 Å². The van der Waals surface area contributed by atoms with Crippen LogP contribution in [-0.4, -0.2) is 40.0 Å². The Morgan fingerprint density at radius 1 is 1.29 bits per heavy atom. The summed E-state index contributed by atoms with van der Waals surface area (Å²) in [6.07, 6.45) is 3.58. The first-order valence-corrected chi connectivity index (χ1v) is 8.20. The molecule has 1 saturated heterocycles. The van der Waals surface area contributed by atoms with Gasteiger partial charge in [0.15, 0.2) is 0 Å². The number of hydrogen-bond acceptors (Lipinski definition) is 3. The van der Waals surface area contributed by atoms with E-state index < -0.39 is 0 Å². The Labute approximate surface area is 133 Å². The maximum Gasteiger partial charge on any atom is 0.0587 e. The third-order valence-electron chi connectivity index (χ3n) is 4.17. The van der Waals surface area contributed by atoms with Gasteiger partial charge in [0.25, 0.3) is 0 Å². The van der Waals surface area contributed by atoms with E-state index in [-0.39, 0.29) is 0 Å². The van der Waals surface area contributed by atoms with E-state index in [2.05, 4.69) is 17.4 Å². The molecule has 1 N–H and O–H groups in total. The molecule has 1 aromatic carbocycles. The second-order valence-corrected chi connectivity index (χ2v) is 6.17. The van der Waals surface area contributed by atoms with Crippen molar-refractivity contribution in [1.29, 1.82) is 0 Å². The molecule has 0 saturated carbocycles. The molecule has 0 bridgehead atoms. The van der Waals surface area contributed by atoms with E-state index in [1.54, 1.807) is 7.11 Å². The van der Waals surface area contributed by atoms with Crippen LogP contribution in [0.3, 0.4) is 0 Å². The summed E-state index contributed by atoms with van der Waals surface area (Å²) in [4.78, 5) is 0. The van der Waals surface area contributed by atoms with Gasteiger partial charge in [-0.1, -0.05) is 23.7 Å². The zero-order valence-electron chi connectivity index (χ0n) is 12.8. The fourth-order valence-corrected chi connectivity index (χ4v) is 3.03. The molecule has 0 spiro atoms. The SMILES string of the molecule is COCCNCC(CC1CCOCC1)c1ccc(Cl)cc1. The van der Waals surface area contributed by atoms with Crippen LogP contribution in [0.15, 0.2) is 24.3 Å². The van der Waals surface area contributed by atoms with Crippen molar-refractivity contribution in [2.24, 2.45) is 5.92 Å². The second kappa shape index (κ2) is 9.42. The predicted molar refractivity (Wildman–Crippen MR) is 87.1 cm³/mol. The molecule has 1 aliphatic rings. The summed E-state index contributed by atoms with van der Waals surface area (Å²) in [7, 11) is 1.74.